The molecule has 0 amide bonds. The lowest BCUT2D eigenvalue weighted by atomic mass is 10.4. The summed E-state index contributed by atoms with van der Waals surface area (Å²) in [5.41, 5.74) is 0. The summed E-state index contributed by atoms with van der Waals surface area (Å²) in [7, 11) is 1.88. The number of aliphatic hydroxyl groups excluding tert-OH is 1. The molecule has 0 spiro atoms. The van der Waals surface area contributed by atoms with Gasteiger partial charge in [0.05, 0.1) is 6.10 Å². The van der Waals surface area contributed by atoms with Gasteiger partial charge >= 0.3 is 0 Å². The molecule has 1 rings (SSSR count). The van der Waals surface area contributed by atoms with Crippen LogP contribution in [0.3, 0.4) is 0 Å². The molecular weight excluding hydrogens is 196 g/mol. The van der Waals surface area contributed by atoms with Crippen molar-refractivity contribution in [1.29, 1.82) is 0 Å². The van der Waals surface area contributed by atoms with Crippen LogP contribution in [0.5, 0.6) is 0 Å². The highest BCUT2D eigenvalue weighted by atomic mass is 35.5. The Balaban J connectivity index is 2.58. The molecular formula is C7H11ClN2OS. The first-order chi connectivity index (χ1) is 5.59. The van der Waals surface area contributed by atoms with Gasteiger partial charge in [-0.15, -0.1) is 11.3 Å². The van der Waals surface area contributed by atoms with E-state index in [2.05, 4.69) is 4.98 Å². The number of rotatable bonds is 3. The highest BCUT2D eigenvalue weighted by Crippen LogP contribution is 2.21. The number of aliphatic hydroxyl groups is 1. The number of thiazole rings is 1. The number of hydrogen-bond donors (Lipinski definition) is 1. The fraction of sp³-hybridized carbons (Fsp3) is 0.571. The zero-order chi connectivity index (χ0) is 9.14. The van der Waals surface area contributed by atoms with Gasteiger partial charge in [-0.25, -0.2) is 4.98 Å². The topological polar surface area (TPSA) is 36.4 Å². The van der Waals surface area contributed by atoms with Crippen LogP contribution >= 0.6 is 22.9 Å². The molecule has 1 N–H and O–H groups in total. The Bertz CT molecular complexity index is 251. The molecule has 0 saturated carbocycles. The maximum Gasteiger partial charge on any atom is 0.186 e. The van der Waals surface area contributed by atoms with Crippen molar-refractivity contribution >= 4 is 28.1 Å². The Morgan fingerprint density at radius 3 is 2.92 bits per heavy atom. The molecule has 12 heavy (non-hydrogen) atoms. The molecule has 0 saturated heterocycles. The van der Waals surface area contributed by atoms with Gasteiger partial charge in [-0.1, -0.05) is 11.6 Å². The fourth-order valence-electron chi connectivity index (χ4n) is 0.895. The van der Waals surface area contributed by atoms with E-state index < -0.39 is 0 Å². The summed E-state index contributed by atoms with van der Waals surface area (Å²) < 4.78 is 0. The van der Waals surface area contributed by atoms with Crippen LogP contribution in [0.2, 0.25) is 5.15 Å². The zero-order valence-corrected chi connectivity index (χ0v) is 8.56. The van der Waals surface area contributed by atoms with Gasteiger partial charge in [0.25, 0.3) is 0 Å². The highest BCUT2D eigenvalue weighted by molar-refractivity contribution is 7.14. The molecule has 0 radical (unpaired) electrons. The van der Waals surface area contributed by atoms with Gasteiger partial charge in [0, 0.05) is 19.0 Å². The molecule has 0 fully saturated rings. The maximum atomic E-state index is 9.09. The predicted octanol–water partition coefficient (Wildman–Crippen LogP) is 1.61. The third-order valence-corrected chi connectivity index (χ3v) is 2.61. The lowest BCUT2D eigenvalue weighted by molar-refractivity contribution is 0.201. The summed E-state index contributed by atoms with van der Waals surface area (Å²) in [5, 5.41) is 12.2. The van der Waals surface area contributed by atoms with Gasteiger partial charge in [0.2, 0.25) is 0 Å². The quantitative estimate of drug-likeness (QED) is 0.817. The van der Waals surface area contributed by atoms with Crippen molar-refractivity contribution in [3.63, 3.8) is 0 Å². The Labute approximate surface area is 80.6 Å². The van der Waals surface area contributed by atoms with Crippen molar-refractivity contribution < 1.29 is 5.11 Å². The van der Waals surface area contributed by atoms with Crippen LogP contribution in [0.1, 0.15) is 6.92 Å². The van der Waals surface area contributed by atoms with E-state index in [0.29, 0.717) is 11.7 Å². The lowest BCUT2D eigenvalue weighted by Gasteiger charge is -2.16. The minimum Gasteiger partial charge on any atom is -0.392 e. The molecule has 3 nitrogen and oxygen atoms in total. The maximum absolute atomic E-state index is 9.09. The molecule has 0 aliphatic heterocycles. The second-order valence-corrected chi connectivity index (χ2v) is 3.91. The molecule has 1 aromatic heterocycles. The van der Waals surface area contributed by atoms with Crippen molar-refractivity contribution in [1.82, 2.24) is 4.98 Å². The van der Waals surface area contributed by atoms with Crippen LogP contribution in [-0.4, -0.2) is 29.8 Å². The van der Waals surface area contributed by atoms with Gasteiger partial charge in [0.1, 0.15) is 5.15 Å². The molecule has 1 unspecified atom stereocenters. The van der Waals surface area contributed by atoms with Crippen LogP contribution in [0.25, 0.3) is 0 Å². The van der Waals surface area contributed by atoms with Crippen molar-refractivity contribution in [2.24, 2.45) is 0 Å². The minimum absolute atomic E-state index is 0.349. The van der Waals surface area contributed by atoms with E-state index in [-0.39, 0.29) is 6.10 Å². The van der Waals surface area contributed by atoms with Crippen LogP contribution < -0.4 is 4.90 Å². The normalized spacial score (nSPS) is 13.0. The largest absolute Gasteiger partial charge is 0.392 e. The van der Waals surface area contributed by atoms with Crippen LogP contribution in [0.4, 0.5) is 5.13 Å². The van der Waals surface area contributed by atoms with Crippen molar-refractivity contribution in [2.75, 3.05) is 18.5 Å². The predicted molar refractivity (Wildman–Crippen MR) is 52.1 cm³/mol. The Morgan fingerprint density at radius 2 is 2.50 bits per heavy atom. The summed E-state index contributed by atoms with van der Waals surface area (Å²) in [6.45, 7) is 2.32. The second-order valence-electron chi connectivity index (χ2n) is 2.68. The first-order valence-electron chi connectivity index (χ1n) is 3.60. The fourth-order valence-corrected chi connectivity index (χ4v) is 1.82. The third kappa shape index (κ3) is 2.62. The molecule has 1 atom stereocenters. The number of hydrogen-bond acceptors (Lipinski definition) is 4. The van der Waals surface area contributed by atoms with E-state index in [1.165, 1.54) is 11.3 Å². The first-order valence-corrected chi connectivity index (χ1v) is 4.85. The van der Waals surface area contributed by atoms with Gasteiger partial charge in [-0.05, 0) is 6.92 Å². The van der Waals surface area contributed by atoms with Gasteiger partial charge in [-0.2, -0.15) is 0 Å². The molecule has 0 aliphatic rings. The summed E-state index contributed by atoms with van der Waals surface area (Å²) >= 11 is 7.12. The summed E-state index contributed by atoms with van der Waals surface area (Å²) in [5.74, 6) is 0. The molecule has 1 heterocycles. The number of anilines is 1. The summed E-state index contributed by atoms with van der Waals surface area (Å²) in [6, 6.07) is 0. The summed E-state index contributed by atoms with van der Waals surface area (Å²) in [6.07, 6.45) is -0.349. The van der Waals surface area contributed by atoms with Crippen molar-refractivity contribution in [3.8, 4) is 0 Å². The number of likely N-dealkylation sites (N-methyl/N-ethyl adjacent to an activating group) is 1. The highest BCUT2D eigenvalue weighted by Gasteiger charge is 2.07. The minimum atomic E-state index is -0.349. The number of nitrogens with zero attached hydrogens (tertiary/aromatic N) is 2. The Kier molecular flexibility index (Phi) is 3.31. The van der Waals surface area contributed by atoms with Crippen LogP contribution in [-0.2, 0) is 0 Å². The Morgan fingerprint density at radius 1 is 1.83 bits per heavy atom. The van der Waals surface area contributed by atoms with Crippen LogP contribution in [0.15, 0.2) is 5.38 Å². The van der Waals surface area contributed by atoms with Crippen LogP contribution in [0, 0.1) is 0 Å². The zero-order valence-electron chi connectivity index (χ0n) is 6.99. The Hall–Kier alpha value is -0.320. The van der Waals surface area contributed by atoms with Crippen molar-refractivity contribution in [3.05, 3.63) is 10.5 Å². The van der Waals surface area contributed by atoms with E-state index in [0.717, 1.165) is 5.13 Å². The SMILES string of the molecule is CC(O)CN(C)c1nc(Cl)cs1. The van der Waals surface area contributed by atoms with E-state index >= 15 is 0 Å². The van der Waals surface area contributed by atoms with Gasteiger partial charge in [0.15, 0.2) is 5.13 Å². The van der Waals surface area contributed by atoms with E-state index in [1.807, 2.05) is 11.9 Å². The van der Waals surface area contributed by atoms with Crippen molar-refractivity contribution in [2.45, 2.75) is 13.0 Å². The third-order valence-electron chi connectivity index (χ3n) is 1.33. The van der Waals surface area contributed by atoms with E-state index in [9.17, 15) is 0 Å². The average molecular weight is 207 g/mol. The van der Waals surface area contributed by atoms with E-state index in [4.69, 9.17) is 16.7 Å². The molecule has 1 aromatic rings. The second kappa shape index (κ2) is 4.07. The number of halogens is 1. The smallest absolute Gasteiger partial charge is 0.186 e. The molecule has 0 bridgehead atoms. The molecule has 68 valence electrons. The monoisotopic (exact) mass is 206 g/mol. The standard InChI is InChI=1S/C7H11ClN2OS/c1-5(11)3-10(2)7-9-6(8)4-12-7/h4-5,11H,3H2,1-2H3. The van der Waals surface area contributed by atoms with Gasteiger partial charge in [-0.3, -0.25) is 0 Å². The average Bonchev–Trinajstić information content (AvgIpc) is 2.34. The summed E-state index contributed by atoms with van der Waals surface area (Å²) in [4.78, 5) is 5.94. The molecule has 0 aliphatic carbocycles. The molecule has 5 heteroatoms. The lowest BCUT2D eigenvalue weighted by Crippen LogP contribution is -2.26. The number of aromatic nitrogens is 1. The molecule has 0 aromatic carbocycles. The van der Waals surface area contributed by atoms with E-state index in [1.54, 1.807) is 12.3 Å². The van der Waals surface area contributed by atoms with Gasteiger partial charge < -0.3 is 10.0 Å². The first kappa shape index (κ1) is 9.77.